The number of nitrogen functional groups attached to an aromatic ring is 1. The summed E-state index contributed by atoms with van der Waals surface area (Å²) in [5.41, 5.74) is 9.28. The number of nitrogens with two attached hydrogens (primary N) is 1. The molecule has 0 aliphatic heterocycles. The predicted molar refractivity (Wildman–Crippen MR) is 120 cm³/mol. The fourth-order valence-corrected chi connectivity index (χ4v) is 4.00. The molecule has 0 saturated carbocycles. The highest BCUT2D eigenvalue weighted by Gasteiger charge is 2.18. The zero-order chi connectivity index (χ0) is 22.0. The molecule has 0 bridgehead atoms. The first-order valence-corrected chi connectivity index (χ1v) is 10.8. The standard InChI is InChI=1S/C23H19N3O4S/c24-23-20-4-2-1-3-19(20)22(31(28,29)30)14-21(23)26-25-17-9-5-15(6-10-17)13-16-7-11-18(27)12-8-16/h1-12,14,27H,13,24H2,(H,28,29,30). The van der Waals surface area contributed by atoms with Gasteiger partial charge in [0.25, 0.3) is 10.1 Å². The van der Waals surface area contributed by atoms with E-state index in [1.807, 2.05) is 24.3 Å². The summed E-state index contributed by atoms with van der Waals surface area (Å²) < 4.78 is 33.2. The second-order valence-corrected chi connectivity index (χ2v) is 8.43. The van der Waals surface area contributed by atoms with Crippen molar-refractivity contribution in [3.63, 3.8) is 0 Å². The number of rotatable bonds is 5. The molecule has 0 amide bonds. The van der Waals surface area contributed by atoms with Crippen LogP contribution in [-0.2, 0) is 16.5 Å². The van der Waals surface area contributed by atoms with Crippen molar-refractivity contribution in [3.05, 3.63) is 90.0 Å². The molecule has 0 radical (unpaired) electrons. The summed E-state index contributed by atoms with van der Waals surface area (Å²) in [6.07, 6.45) is 0.701. The van der Waals surface area contributed by atoms with Crippen LogP contribution in [0.25, 0.3) is 10.8 Å². The number of hydrogen-bond acceptors (Lipinski definition) is 6. The Morgan fingerprint density at radius 3 is 2.00 bits per heavy atom. The molecule has 0 aliphatic carbocycles. The van der Waals surface area contributed by atoms with Gasteiger partial charge in [0, 0.05) is 10.8 Å². The Kier molecular flexibility index (Phi) is 5.41. The van der Waals surface area contributed by atoms with E-state index in [2.05, 4.69) is 10.2 Å². The van der Waals surface area contributed by atoms with Crippen LogP contribution >= 0.6 is 0 Å². The zero-order valence-electron chi connectivity index (χ0n) is 16.3. The van der Waals surface area contributed by atoms with Gasteiger partial charge < -0.3 is 10.8 Å². The molecule has 4 aromatic carbocycles. The number of fused-ring (bicyclic) bond motifs is 1. The van der Waals surface area contributed by atoms with E-state index in [-0.39, 0.29) is 22.0 Å². The van der Waals surface area contributed by atoms with E-state index >= 15 is 0 Å². The third kappa shape index (κ3) is 4.55. The van der Waals surface area contributed by atoms with Crippen LogP contribution in [0.5, 0.6) is 5.75 Å². The first kappa shape index (κ1) is 20.5. The molecule has 4 aromatic rings. The van der Waals surface area contributed by atoms with E-state index < -0.39 is 10.1 Å². The molecule has 0 spiro atoms. The Hall–Kier alpha value is -3.75. The second kappa shape index (κ2) is 8.17. The molecule has 0 aromatic heterocycles. The number of phenolic OH excluding ortho intramolecular Hbond substituents is 1. The molecule has 0 atom stereocenters. The Morgan fingerprint density at radius 1 is 0.806 bits per heavy atom. The summed E-state index contributed by atoms with van der Waals surface area (Å²) in [4.78, 5) is -0.268. The van der Waals surface area contributed by atoms with Crippen LogP contribution < -0.4 is 5.73 Å². The van der Waals surface area contributed by atoms with Crippen LogP contribution in [0.15, 0.2) is 94.0 Å². The Labute approximate surface area is 179 Å². The number of nitrogens with zero attached hydrogens (tertiary/aromatic N) is 2. The zero-order valence-corrected chi connectivity index (χ0v) is 17.1. The van der Waals surface area contributed by atoms with E-state index in [1.54, 1.807) is 48.5 Å². The Bertz CT molecular complexity index is 1380. The van der Waals surface area contributed by atoms with Gasteiger partial charge in [0.05, 0.1) is 11.4 Å². The minimum atomic E-state index is -4.46. The van der Waals surface area contributed by atoms with E-state index in [0.717, 1.165) is 11.1 Å². The van der Waals surface area contributed by atoms with Gasteiger partial charge in [-0.05, 0) is 47.9 Å². The smallest absolute Gasteiger partial charge is 0.295 e. The molecule has 0 aliphatic rings. The van der Waals surface area contributed by atoms with E-state index in [9.17, 15) is 18.1 Å². The molecule has 0 saturated heterocycles. The average Bonchev–Trinajstić information content (AvgIpc) is 2.75. The molecule has 0 heterocycles. The lowest BCUT2D eigenvalue weighted by atomic mass is 10.0. The predicted octanol–water partition coefficient (Wildman–Crippen LogP) is 5.38. The third-order valence-electron chi connectivity index (χ3n) is 4.86. The largest absolute Gasteiger partial charge is 0.508 e. The third-order valence-corrected chi connectivity index (χ3v) is 5.75. The maximum Gasteiger partial charge on any atom is 0.295 e. The summed E-state index contributed by atoms with van der Waals surface area (Å²) in [6.45, 7) is 0. The van der Waals surface area contributed by atoms with E-state index in [4.69, 9.17) is 5.73 Å². The number of hydrogen-bond donors (Lipinski definition) is 3. The highest BCUT2D eigenvalue weighted by atomic mass is 32.2. The normalized spacial score (nSPS) is 11.9. The van der Waals surface area contributed by atoms with Crippen molar-refractivity contribution in [1.29, 1.82) is 0 Å². The van der Waals surface area contributed by atoms with Crippen molar-refractivity contribution in [2.75, 3.05) is 5.73 Å². The van der Waals surface area contributed by atoms with Crippen LogP contribution in [0.4, 0.5) is 17.1 Å². The molecular weight excluding hydrogens is 414 g/mol. The van der Waals surface area contributed by atoms with Crippen molar-refractivity contribution < 1.29 is 18.1 Å². The van der Waals surface area contributed by atoms with Gasteiger partial charge in [-0.1, -0.05) is 48.5 Å². The number of azo groups is 1. The Morgan fingerprint density at radius 2 is 1.39 bits per heavy atom. The molecule has 4 rings (SSSR count). The number of aromatic hydroxyl groups is 1. The topological polar surface area (TPSA) is 125 Å². The van der Waals surface area contributed by atoms with Crippen LogP contribution in [0.2, 0.25) is 0 Å². The van der Waals surface area contributed by atoms with Gasteiger partial charge in [-0.2, -0.15) is 13.5 Å². The molecule has 7 nitrogen and oxygen atoms in total. The van der Waals surface area contributed by atoms with Gasteiger partial charge in [0.15, 0.2) is 0 Å². The molecular formula is C23H19N3O4S. The van der Waals surface area contributed by atoms with Crippen LogP contribution in [0.1, 0.15) is 11.1 Å². The van der Waals surface area contributed by atoms with Crippen LogP contribution in [0, 0.1) is 0 Å². The fraction of sp³-hybridized carbons (Fsp3) is 0.0435. The average molecular weight is 433 g/mol. The summed E-state index contributed by atoms with van der Waals surface area (Å²) in [5.74, 6) is 0.227. The van der Waals surface area contributed by atoms with Crippen LogP contribution in [0.3, 0.4) is 0 Å². The highest BCUT2D eigenvalue weighted by molar-refractivity contribution is 7.86. The molecule has 4 N–H and O–H groups in total. The van der Waals surface area contributed by atoms with Gasteiger partial charge in [0.1, 0.15) is 16.3 Å². The monoisotopic (exact) mass is 433 g/mol. The van der Waals surface area contributed by atoms with Crippen molar-refractivity contribution >= 4 is 38.0 Å². The van der Waals surface area contributed by atoms with Gasteiger partial charge in [-0.3, -0.25) is 4.55 Å². The minimum absolute atomic E-state index is 0.152. The SMILES string of the molecule is Nc1c(N=Nc2ccc(Cc3ccc(O)cc3)cc2)cc(S(=O)(=O)O)c2ccccc12. The first-order chi connectivity index (χ1) is 14.8. The number of benzene rings is 4. The fourth-order valence-electron chi connectivity index (χ4n) is 3.29. The van der Waals surface area contributed by atoms with Gasteiger partial charge in [-0.15, -0.1) is 5.11 Å². The Balaban J connectivity index is 1.62. The van der Waals surface area contributed by atoms with Crippen molar-refractivity contribution in [2.45, 2.75) is 11.3 Å². The maximum atomic E-state index is 11.8. The van der Waals surface area contributed by atoms with Crippen molar-refractivity contribution in [2.24, 2.45) is 10.2 Å². The number of anilines is 1. The van der Waals surface area contributed by atoms with E-state index in [0.29, 0.717) is 22.9 Å². The lowest BCUT2D eigenvalue weighted by Gasteiger charge is -2.09. The van der Waals surface area contributed by atoms with Gasteiger partial charge in [-0.25, -0.2) is 0 Å². The lowest BCUT2D eigenvalue weighted by molar-refractivity contribution is 0.475. The van der Waals surface area contributed by atoms with Crippen LogP contribution in [-0.4, -0.2) is 18.1 Å². The first-order valence-electron chi connectivity index (χ1n) is 9.38. The van der Waals surface area contributed by atoms with Gasteiger partial charge >= 0.3 is 0 Å². The number of phenols is 1. The summed E-state index contributed by atoms with van der Waals surface area (Å²) >= 11 is 0. The molecule has 0 fully saturated rings. The van der Waals surface area contributed by atoms with E-state index in [1.165, 1.54) is 6.07 Å². The summed E-state index contributed by atoms with van der Waals surface area (Å²) in [7, 11) is -4.46. The second-order valence-electron chi connectivity index (χ2n) is 7.04. The molecule has 8 heteroatoms. The molecule has 31 heavy (non-hydrogen) atoms. The summed E-state index contributed by atoms with van der Waals surface area (Å²) in [6, 6.07) is 22.3. The highest BCUT2D eigenvalue weighted by Crippen LogP contribution is 2.36. The van der Waals surface area contributed by atoms with Crippen molar-refractivity contribution in [3.8, 4) is 5.75 Å². The molecule has 0 unspecified atom stereocenters. The maximum absolute atomic E-state index is 11.8. The quantitative estimate of drug-likeness (QED) is 0.221. The minimum Gasteiger partial charge on any atom is -0.508 e. The lowest BCUT2D eigenvalue weighted by Crippen LogP contribution is -2.01. The van der Waals surface area contributed by atoms with Gasteiger partial charge in [0.2, 0.25) is 0 Å². The van der Waals surface area contributed by atoms with Crippen molar-refractivity contribution in [1.82, 2.24) is 0 Å². The summed E-state index contributed by atoms with van der Waals surface area (Å²) in [5, 5.41) is 18.4. The molecule has 156 valence electrons.